The van der Waals surface area contributed by atoms with Gasteiger partial charge in [0.25, 0.3) is 0 Å². The molecule has 0 aliphatic heterocycles. The smallest absolute Gasteiger partial charge is 0.226 e. The molecule has 2 amide bonds. The minimum atomic E-state index is 0.0952. The van der Waals surface area contributed by atoms with Gasteiger partial charge >= 0.3 is 0 Å². The zero-order valence-corrected chi connectivity index (χ0v) is 17.3. The number of carbonyl (C=O) groups is 2. The lowest BCUT2D eigenvalue weighted by Crippen LogP contribution is -2.25. The Morgan fingerprint density at radius 2 is 1.39 bits per heavy atom. The Kier molecular flexibility index (Phi) is 8.73. The van der Waals surface area contributed by atoms with E-state index in [0.717, 1.165) is 37.8 Å². The van der Waals surface area contributed by atoms with Gasteiger partial charge < -0.3 is 10.2 Å². The van der Waals surface area contributed by atoms with Crippen LogP contribution < -0.4 is 10.2 Å². The van der Waals surface area contributed by atoms with Crippen molar-refractivity contribution >= 4 is 17.5 Å². The number of anilines is 1. The summed E-state index contributed by atoms with van der Waals surface area (Å²) in [5, 5.41) is 2.64. The van der Waals surface area contributed by atoms with Gasteiger partial charge in [0.05, 0.1) is 0 Å². The molecule has 0 heterocycles. The van der Waals surface area contributed by atoms with E-state index in [0.29, 0.717) is 12.8 Å². The molecule has 0 bridgehead atoms. The molecule has 0 radical (unpaired) electrons. The Morgan fingerprint density at radius 3 is 2.00 bits per heavy atom. The van der Waals surface area contributed by atoms with Crippen molar-refractivity contribution in [2.75, 3.05) is 19.0 Å². The Balaban J connectivity index is 1.74. The van der Waals surface area contributed by atoms with Gasteiger partial charge in [-0.3, -0.25) is 9.59 Å². The first kappa shape index (κ1) is 21.7. The van der Waals surface area contributed by atoms with Crippen LogP contribution in [-0.2, 0) is 22.4 Å². The van der Waals surface area contributed by atoms with Gasteiger partial charge in [-0.15, -0.1) is 0 Å². The third-order valence-electron chi connectivity index (χ3n) is 5.07. The number of hydrogen-bond acceptors (Lipinski definition) is 2. The summed E-state index contributed by atoms with van der Waals surface area (Å²) in [6, 6.07) is 16.7. The van der Waals surface area contributed by atoms with Crippen LogP contribution in [0.1, 0.15) is 48.8 Å². The van der Waals surface area contributed by atoms with E-state index in [-0.39, 0.29) is 11.8 Å². The first-order chi connectivity index (χ1) is 13.5. The number of carbonyl (C=O) groups excluding carboxylic acids is 2. The molecule has 4 nitrogen and oxygen atoms in total. The molecule has 2 aromatic rings. The van der Waals surface area contributed by atoms with Crippen molar-refractivity contribution in [1.29, 1.82) is 0 Å². The van der Waals surface area contributed by atoms with Gasteiger partial charge in [0.15, 0.2) is 0 Å². The van der Waals surface area contributed by atoms with Crippen molar-refractivity contribution < 1.29 is 9.59 Å². The van der Waals surface area contributed by atoms with Crippen LogP contribution in [0.4, 0.5) is 5.69 Å². The van der Waals surface area contributed by atoms with E-state index in [1.807, 2.05) is 19.2 Å². The lowest BCUT2D eigenvalue weighted by molar-refractivity contribution is -0.120. The molecule has 0 saturated carbocycles. The molecule has 0 atom stereocenters. The summed E-state index contributed by atoms with van der Waals surface area (Å²) in [5.74, 6) is 0.239. The number of aryl methyl sites for hydroxylation is 3. The van der Waals surface area contributed by atoms with Crippen LogP contribution >= 0.6 is 0 Å². The molecule has 0 saturated heterocycles. The summed E-state index contributed by atoms with van der Waals surface area (Å²) in [5.41, 5.74) is 4.70. The molecular weight excluding hydrogens is 348 g/mol. The number of benzene rings is 2. The summed E-state index contributed by atoms with van der Waals surface area (Å²) in [6.07, 6.45) is 5.73. The number of rotatable bonds is 10. The predicted octanol–water partition coefficient (Wildman–Crippen LogP) is 4.44. The van der Waals surface area contributed by atoms with Gasteiger partial charge in [-0.1, -0.05) is 42.0 Å². The van der Waals surface area contributed by atoms with Gasteiger partial charge in [0, 0.05) is 32.6 Å². The zero-order chi connectivity index (χ0) is 20.4. The fourth-order valence-corrected chi connectivity index (χ4v) is 3.14. The number of unbranched alkanes of at least 4 members (excludes halogenated alkanes) is 1. The second-order valence-corrected chi connectivity index (χ2v) is 7.34. The molecule has 2 rings (SSSR count). The molecule has 1 N–H and O–H groups in total. The highest BCUT2D eigenvalue weighted by molar-refractivity contribution is 5.92. The maximum atomic E-state index is 12.5. The molecule has 4 heteroatoms. The van der Waals surface area contributed by atoms with Gasteiger partial charge in [-0.05, 0) is 62.3 Å². The Hall–Kier alpha value is -2.62. The van der Waals surface area contributed by atoms with Crippen molar-refractivity contribution in [3.05, 3.63) is 65.2 Å². The quantitative estimate of drug-likeness (QED) is 0.620. The normalized spacial score (nSPS) is 10.5. The second kappa shape index (κ2) is 11.3. The predicted molar refractivity (Wildman–Crippen MR) is 116 cm³/mol. The third-order valence-corrected chi connectivity index (χ3v) is 5.07. The van der Waals surface area contributed by atoms with Gasteiger partial charge in [0.2, 0.25) is 11.8 Å². The first-order valence-electron chi connectivity index (χ1n) is 10.1. The molecule has 0 spiro atoms. The summed E-state index contributed by atoms with van der Waals surface area (Å²) in [4.78, 5) is 25.4. The van der Waals surface area contributed by atoms with Crippen molar-refractivity contribution in [3.63, 3.8) is 0 Å². The number of nitrogens with one attached hydrogen (secondary N) is 1. The van der Waals surface area contributed by atoms with E-state index in [1.165, 1.54) is 16.7 Å². The van der Waals surface area contributed by atoms with Crippen molar-refractivity contribution in [3.8, 4) is 0 Å². The van der Waals surface area contributed by atoms with Crippen LogP contribution in [0.2, 0.25) is 0 Å². The molecular formula is C24H32N2O2. The molecule has 150 valence electrons. The maximum Gasteiger partial charge on any atom is 0.226 e. The molecule has 0 aliphatic carbocycles. The van der Waals surface area contributed by atoms with Gasteiger partial charge in [-0.2, -0.15) is 0 Å². The standard InChI is InChI=1S/C24H32N2O2/c1-19-11-13-21(14-12-19)8-6-10-24(28)26(3)22-17-15-20(16-18-22)7-4-5-9-23(27)25-2/h11-18H,4-10H2,1-3H3,(H,25,27). The molecule has 0 aliphatic rings. The van der Waals surface area contributed by atoms with E-state index >= 15 is 0 Å². The number of nitrogens with zero attached hydrogens (tertiary/aromatic N) is 1. The van der Waals surface area contributed by atoms with Crippen LogP contribution in [0, 0.1) is 6.92 Å². The van der Waals surface area contributed by atoms with E-state index in [4.69, 9.17) is 0 Å². The maximum absolute atomic E-state index is 12.5. The molecule has 0 fully saturated rings. The van der Waals surface area contributed by atoms with E-state index in [2.05, 4.69) is 48.6 Å². The molecule has 28 heavy (non-hydrogen) atoms. The highest BCUT2D eigenvalue weighted by Gasteiger charge is 2.10. The summed E-state index contributed by atoms with van der Waals surface area (Å²) in [7, 11) is 3.51. The van der Waals surface area contributed by atoms with Crippen LogP contribution in [0.3, 0.4) is 0 Å². The summed E-state index contributed by atoms with van der Waals surface area (Å²) in [6.45, 7) is 2.08. The molecule has 0 unspecified atom stereocenters. The van der Waals surface area contributed by atoms with Crippen LogP contribution in [0.5, 0.6) is 0 Å². The minimum absolute atomic E-state index is 0.0952. The monoisotopic (exact) mass is 380 g/mol. The summed E-state index contributed by atoms with van der Waals surface area (Å²) < 4.78 is 0. The topological polar surface area (TPSA) is 49.4 Å². The van der Waals surface area contributed by atoms with E-state index in [1.54, 1.807) is 11.9 Å². The van der Waals surface area contributed by atoms with Crippen LogP contribution in [0.25, 0.3) is 0 Å². The first-order valence-corrected chi connectivity index (χ1v) is 10.1. The Morgan fingerprint density at radius 1 is 0.821 bits per heavy atom. The lowest BCUT2D eigenvalue weighted by Gasteiger charge is -2.18. The van der Waals surface area contributed by atoms with Crippen LogP contribution in [-0.4, -0.2) is 25.9 Å². The largest absolute Gasteiger partial charge is 0.359 e. The highest BCUT2D eigenvalue weighted by atomic mass is 16.2. The molecule has 2 aromatic carbocycles. The highest BCUT2D eigenvalue weighted by Crippen LogP contribution is 2.17. The minimum Gasteiger partial charge on any atom is -0.359 e. The Labute approximate surface area is 169 Å². The third kappa shape index (κ3) is 7.18. The fraction of sp³-hybridized carbons (Fsp3) is 0.417. The number of hydrogen-bond donors (Lipinski definition) is 1. The average Bonchev–Trinajstić information content (AvgIpc) is 2.72. The average molecular weight is 381 g/mol. The van der Waals surface area contributed by atoms with Crippen molar-refractivity contribution in [2.45, 2.75) is 51.9 Å². The number of amides is 2. The molecule has 0 aromatic heterocycles. The lowest BCUT2D eigenvalue weighted by atomic mass is 10.1. The zero-order valence-electron chi connectivity index (χ0n) is 17.3. The van der Waals surface area contributed by atoms with E-state index < -0.39 is 0 Å². The fourth-order valence-electron chi connectivity index (χ4n) is 3.14. The van der Waals surface area contributed by atoms with Crippen LogP contribution in [0.15, 0.2) is 48.5 Å². The van der Waals surface area contributed by atoms with E-state index in [9.17, 15) is 9.59 Å². The Bertz CT molecular complexity index is 751. The van der Waals surface area contributed by atoms with Crippen molar-refractivity contribution in [1.82, 2.24) is 5.32 Å². The summed E-state index contributed by atoms with van der Waals surface area (Å²) >= 11 is 0. The second-order valence-electron chi connectivity index (χ2n) is 7.34. The van der Waals surface area contributed by atoms with Crippen molar-refractivity contribution in [2.24, 2.45) is 0 Å². The SMILES string of the molecule is CNC(=O)CCCCc1ccc(N(C)C(=O)CCCc2ccc(C)cc2)cc1. The van der Waals surface area contributed by atoms with Gasteiger partial charge in [-0.25, -0.2) is 0 Å². The van der Waals surface area contributed by atoms with Gasteiger partial charge in [0.1, 0.15) is 0 Å².